The summed E-state index contributed by atoms with van der Waals surface area (Å²) in [6.07, 6.45) is 0.0179. The summed E-state index contributed by atoms with van der Waals surface area (Å²) >= 11 is 6.09. The van der Waals surface area contributed by atoms with Gasteiger partial charge in [0.15, 0.2) is 0 Å². The number of hydrogen-bond acceptors (Lipinski definition) is 4. The fourth-order valence-corrected chi connectivity index (χ4v) is 4.84. The Balaban J connectivity index is 1.51. The van der Waals surface area contributed by atoms with Gasteiger partial charge in [-0.3, -0.25) is 10.5 Å². The molecule has 7 nitrogen and oxygen atoms in total. The number of carbonyl (C=O) groups is 1. The summed E-state index contributed by atoms with van der Waals surface area (Å²) in [5.74, 6) is -0.395. The summed E-state index contributed by atoms with van der Waals surface area (Å²) in [4.78, 5) is 19.4. The van der Waals surface area contributed by atoms with Gasteiger partial charge in [-0.1, -0.05) is 41.9 Å². The van der Waals surface area contributed by atoms with Crippen LogP contribution in [0.15, 0.2) is 91.3 Å². The van der Waals surface area contributed by atoms with Gasteiger partial charge in [-0.25, -0.2) is 22.9 Å². The van der Waals surface area contributed by atoms with E-state index in [4.69, 9.17) is 11.6 Å². The second-order valence-electron chi connectivity index (χ2n) is 9.48. The minimum atomic E-state index is -2.73. The van der Waals surface area contributed by atoms with Crippen molar-refractivity contribution in [1.29, 1.82) is 0 Å². The third-order valence-corrected chi connectivity index (χ3v) is 7.02. The van der Waals surface area contributed by atoms with Crippen molar-refractivity contribution >= 4 is 23.4 Å². The van der Waals surface area contributed by atoms with Crippen LogP contribution in [0.5, 0.6) is 0 Å². The van der Waals surface area contributed by atoms with Crippen LogP contribution < -0.4 is 10.0 Å². The molecule has 3 aromatic carbocycles. The molecule has 2 heterocycles. The number of anilines is 1. The molecule has 5 aromatic rings. The number of aromatic nitrogens is 3. The summed E-state index contributed by atoms with van der Waals surface area (Å²) in [5, 5.41) is 14.0. The number of imidazole rings is 1. The fraction of sp³-hybridized carbons (Fsp3) is 0.129. The number of H-pyrrole nitrogens is 1. The summed E-state index contributed by atoms with van der Waals surface area (Å²) in [7, 11) is 1.28. The van der Waals surface area contributed by atoms with Gasteiger partial charge < -0.3 is 9.72 Å². The number of nitrogens with zero attached hydrogens (tertiary/aromatic N) is 2. The van der Waals surface area contributed by atoms with Crippen molar-refractivity contribution in [3.63, 3.8) is 0 Å². The Morgan fingerprint density at radius 2 is 1.76 bits per heavy atom. The van der Waals surface area contributed by atoms with E-state index < -0.39 is 18.4 Å². The Labute approximate surface area is 244 Å². The molecule has 0 bridgehead atoms. The summed E-state index contributed by atoms with van der Waals surface area (Å²) in [5.41, 5.74) is 3.57. The molecule has 0 saturated heterocycles. The van der Waals surface area contributed by atoms with E-state index in [0.29, 0.717) is 34.9 Å². The van der Waals surface area contributed by atoms with Crippen molar-refractivity contribution in [3.8, 4) is 22.4 Å². The largest absolute Gasteiger partial charge is 0.453 e. The maximum atomic E-state index is 13.7. The number of methoxy groups -OCH3 is 1. The van der Waals surface area contributed by atoms with Crippen LogP contribution in [-0.2, 0) is 11.2 Å². The smallest absolute Gasteiger partial charge is 0.411 e. The highest BCUT2D eigenvalue weighted by molar-refractivity contribution is 6.30. The first-order chi connectivity index (χ1) is 20.2. The Hall–Kier alpha value is -4.83. The summed E-state index contributed by atoms with van der Waals surface area (Å²) in [6, 6.07) is 20.4. The molecule has 11 heteroatoms. The van der Waals surface area contributed by atoms with Crippen molar-refractivity contribution in [2.24, 2.45) is 0 Å². The first-order valence-electron chi connectivity index (χ1n) is 12.8. The zero-order chi connectivity index (χ0) is 29.8. The molecule has 5 rings (SSSR count). The Morgan fingerprint density at radius 3 is 2.43 bits per heavy atom. The number of halogens is 4. The molecule has 1 amide bonds. The number of benzene rings is 3. The number of hydrogen-bond donors (Lipinski definition) is 3. The highest BCUT2D eigenvalue weighted by Crippen LogP contribution is 2.34. The number of alkyl halides is 2. The van der Waals surface area contributed by atoms with Crippen molar-refractivity contribution in [1.82, 2.24) is 9.97 Å². The SMILES string of the molecule is COC(=O)Nc1ccc(-c2cnc([C@H](Cc3ccc(F)cc3)c3ccc(-c4cc(Cl)ccc4C(F)F)c[n+]3O)[nH]2)cc1. The van der Waals surface area contributed by atoms with E-state index in [1.807, 2.05) is 0 Å². The van der Waals surface area contributed by atoms with E-state index >= 15 is 0 Å². The number of carbonyl (C=O) groups excluding carboxylic acids is 1. The monoisotopic (exact) mass is 593 g/mol. The Morgan fingerprint density at radius 1 is 1.05 bits per heavy atom. The number of pyridine rings is 1. The van der Waals surface area contributed by atoms with E-state index in [0.717, 1.165) is 15.9 Å². The molecule has 3 N–H and O–H groups in total. The molecule has 0 aliphatic heterocycles. The van der Waals surface area contributed by atoms with Gasteiger partial charge in [-0.15, -0.1) is 0 Å². The van der Waals surface area contributed by atoms with Gasteiger partial charge in [-0.05, 0) is 65.6 Å². The first-order valence-corrected chi connectivity index (χ1v) is 13.2. The fourth-order valence-electron chi connectivity index (χ4n) is 4.66. The Bertz CT molecular complexity index is 1710. The van der Waals surface area contributed by atoms with E-state index in [1.165, 1.54) is 43.6 Å². The number of ether oxygens (including phenoxy) is 1. The van der Waals surface area contributed by atoms with Gasteiger partial charge in [0, 0.05) is 27.1 Å². The summed E-state index contributed by atoms with van der Waals surface area (Å²) < 4.78 is 46.5. The number of nitrogens with one attached hydrogen (secondary N) is 2. The van der Waals surface area contributed by atoms with E-state index in [1.54, 1.807) is 54.7 Å². The van der Waals surface area contributed by atoms with Crippen molar-refractivity contribution < 1.29 is 32.6 Å². The van der Waals surface area contributed by atoms with Crippen LogP contribution >= 0.6 is 11.6 Å². The van der Waals surface area contributed by atoms with Gasteiger partial charge in [-0.2, -0.15) is 0 Å². The predicted molar refractivity (Wildman–Crippen MR) is 151 cm³/mol. The van der Waals surface area contributed by atoms with Gasteiger partial charge in [0.05, 0.1) is 24.6 Å². The van der Waals surface area contributed by atoms with Crippen LogP contribution in [-0.4, -0.2) is 28.4 Å². The molecule has 42 heavy (non-hydrogen) atoms. The molecular formula is C31H25ClF3N4O3+. The maximum absolute atomic E-state index is 13.7. The van der Waals surface area contributed by atoms with E-state index in [2.05, 4.69) is 20.0 Å². The van der Waals surface area contributed by atoms with Gasteiger partial charge in [0.2, 0.25) is 11.9 Å². The van der Waals surface area contributed by atoms with Crippen LogP contribution in [0.1, 0.15) is 35.0 Å². The van der Waals surface area contributed by atoms with Crippen LogP contribution in [0.2, 0.25) is 5.02 Å². The second kappa shape index (κ2) is 12.4. The quantitative estimate of drug-likeness (QED) is 0.128. The lowest BCUT2D eigenvalue weighted by Gasteiger charge is -2.13. The molecule has 0 fully saturated rings. The van der Waals surface area contributed by atoms with Crippen molar-refractivity contribution in [2.45, 2.75) is 18.8 Å². The first kappa shape index (κ1) is 28.7. The average molecular weight is 594 g/mol. The highest BCUT2D eigenvalue weighted by Gasteiger charge is 2.29. The second-order valence-corrected chi connectivity index (χ2v) is 9.92. The molecule has 0 unspecified atom stereocenters. The number of amides is 1. The molecular weight excluding hydrogens is 569 g/mol. The summed E-state index contributed by atoms with van der Waals surface area (Å²) in [6.45, 7) is 0. The number of rotatable bonds is 8. The normalized spacial score (nSPS) is 11.9. The molecule has 214 valence electrons. The van der Waals surface area contributed by atoms with Crippen LogP contribution in [0.25, 0.3) is 22.4 Å². The number of aromatic amines is 1. The van der Waals surface area contributed by atoms with Crippen molar-refractivity contribution in [2.75, 3.05) is 12.4 Å². The van der Waals surface area contributed by atoms with Crippen LogP contribution in [0.3, 0.4) is 0 Å². The molecule has 1 atom stereocenters. The third kappa shape index (κ3) is 6.39. The zero-order valence-electron chi connectivity index (χ0n) is 22.2. The predicted octanol–water partition coefficient (Wildman–Crippen LogP) is 7.55. The van der Waals surface area contributed by atoms with Crippen molar-refractivity contribution in [3.05, 3.63) is 125 Å². The minimum absolute atomic E-state index is 0.201. The van der Waals surface area contributed by atoms with Crippen LogP contribution in [0, 0.1) is 5.82 Å². The van der Waals surface area contributed by atoms with E-state index in [9.17, 15) is 23.2 Å². The molecule has 0 radical (unpaired) electrons. The Kier molecular flexibility index (Phi) is 8.44. The third-order valence-electron chi connectivity index (χ3n) is 6.78. The molecule has 0 aliphatic rings. The lowest BCUT2D eigenvalue weighted by molar-refractivity contribution is -0.909. The molecule has 0 spiro atoms. The lowest BCUT2D eigenvalue weighted by atomic mass is 9.93. The van der Waals surface area contributed by atoms with Gasteiger partial charge >= 0.3 is 6.09 Å². The van der Waals surface area contributed by atoms with E-state index in [-0.39, 0.29) is 22.0 Å². The van der Waals surface area contributed by atoms with Gasteiger partial charge in [0.1, 0.15) is 17.6 Å². The topological polar surface area (TPSA) is 91.1 Å². The molecule has 0 aliphatic carbocycles. The minimum Gasteiger partial charge on any atom is -0.453 e. The molecule has 2 aromatic heterocycles. The molecule has 0 saturated carbocycles. The van der Waals surface area contributed by atoms with Gasteiger partial charge in [0.25, 0.3) is 6.43 Å². The van der Waals surface area contributed by atoms with Crippen LogP contribution in [0.4, 0.5) is 23.7 Å². The average Bonchev–Trinajstić information content (AvgIpc) is 3.47. The lowest BCUT2D eigenvalue weighted by Crippen LogP contribution is -2.37. The maximum Gasteiger partial charge on any atom is 0.411 e. The zero-order valence-corrected chi connectivity index (χ0v) is 22.9. The highest BCUT2D eigenvalue weighted by atomic mass is 35.5. The standard InChI is InChI=1S/C31H24ClF3N4O3/c1-42-31(40)37-23-10-4-19(5-11-23)27-16-36-30(38-27)26(14-18-2-8-22(33)9-3-18)28-13-6-20(17-39(28)41)25-15-21(32)7-12-24(25)29(34)35/h2-13,15-17,26,29H,14H2,1H3,(H2-,36,37,38,40,41)/p+1/t26-/m1/s1.